The normalized spacial score (nSPS) is 19.4. The van der Waals surface area contributed by atoms with Crippen molar-refractivity contribution in [3.63, 3.8) is 0 Å². The van der Waals surface area contributed by atoms with Gasteiger partial charge in [0.05, 0.1) is 12.6 Å². The number of amides is 1. The summed E-state index contributed by atoms with van der Waals surface area (Å²) in [5, 5.41) is 3.94. The van der Waals surface area contributed by atoms with Crippen LogP contribution >= 0.6 is 0 Å². The highest BCUT2D eigenvalue weighted by Crippen LogP contribution is 2.33. The minimum atomic E-state index is -0.493. The number of aromatic nitrogens is 1. The largest absolute Gasteiger partial charge is 0.444 e. The van der Waals surface area contributed by atoms with Crippen molar-refractivity contribution in [3.8, 4) is 0 Å². The number of carbonyl (C=O) groups excluding carboxylic acids is 1. The Hall–Kier alpha value is -1.56. The summed E-state index contributed by atoms with van der Waals surface area (Å²) in [5.74, 6) is 0.695. The highest BCUT2D eigenvalue weighted by molar-refractivity contribution is 5.69. The molecule has 6 heteroatoms. The van der Waals surface area contributed by atoms with Gasteiger partial charge in [0.15, 0.2) is 5.76 Å². The lowest BCUT2D eigenvalue weighted by atomic mass is 10.1. The average molecular weight is 282 g/mol. The van der Waals surface area contributed by atoms with E-state index in [0.29, 0.717) is 18.9 Å². The molecule has 0 saturated carbocycles. The number of carbonyl (C=O) groups is 1. The molecule has 1 aliphatic rings. The molecule has 0 unspecified atom stereocenters. The van der Waals surface area contributed by atoms with Crippen LogP contribution in [0.4, 0.5) is 4.79 Å². The fourth-order valence-electron chi connectivity index (χ4n) is 2.30. The van der Waals surface area contributed by atoms with Gasteiger partial charge < -0.3 is 14.0 Å². The molecule has 2 heterocycles. The third kappa shape index (κ3) is 3.50. The van der Waals surface area contributed by atoms with Gasteiger partial charge in [-0.1, -0.05) is 5.16 Å². The lowest BCUT2D eigenvalue weighted by Gasteiger charge is -2.27. The molecule has 6 nitrogen and oxygen atoms in total. The van der Waals surface area contributed by atoms with Crippen LogP contribution in [0.2, 0.25) is 0 Å². The minimum absolute atomic E-state index is 0.0945. The van der Waals surface area contributed by atoms with E-state index in [4.69, 9.17) is 14.0 Å². The molecule has 2 rings (SSSR count). The third-order valence-corrected chi connectivity index (χ3v) is 3.08. The Kier molecular flexibility index (Phi) is 4.32. The zero-order chi connectivity index (χ0) is 14.8. The monoisotopic (exact) mass is 282 g/mol. The topological polar surface area (TPSA) is 64.8 Å². The maximum absolute atomic E-state index is 12.2. The van der Waals surface area contributed by atoms with E-state index in [2.05, 4.69) is 5.16 Å². The molecule has 1 aromatic heterocycles. The van der Waals surface area contributed by atoms with E-state index >= 15 is 0 Å². The molecule has 0 radical (unpaired) electrons. The van der Waals surface area contributed by atoms with E-state index in [1.54, 1.807) is 12.0 Å². The fourth-order valence-corrected chi connectivity index (χ4v) is 2.30. The van der Waals surface area contributed by atoms with Crippen LogP contribution in [0, 0.1) is 0 Å². The van der Waals surface area contributed by atoms with Gasteiger partial charge in [-0.15, -0.1) is 0 Å². The van der Waals surface area contributed by atoms with Gasteiger partial charge >= 0.3 is 6.09 Å². The van der Waals surface area contributed by atoms with E-state index < -0.39 is 5.60 Å². The number of methoxy groups -OCH3 is 1. The van der Waals surface area contributed by atoms with Gasteiger partial charge in [0.1, 0.15) is 11.3 Å². The minimum Gasteiger partial charge on any atom is -0.444 e. The molecule has 1 saturated heterocycles. The molecule has 0 bridgehead atoms. The molecule has 1 aliphatic heterocycles. The lowest BCUT2D eigenvalue weighted by molar-refractivity contribution is 0.0204. The Balaban J connectivity index is 2.08. The molecule has 1 aromatic rings. The fraction of sp³-hybridized carbons (Fsp3) is 0.714. The summed E-state index contributed by atoms with van der Waals surface area (Å²) in [5.41, 5.74) is 0.242. The summed E-state index contributed by atoms with van der Waals surface area (Å²) in [6.07, 6.45) is 1.50. The summed E-state index contributed by atoms with van der Waals surface area (Å²) >= 11 is 0. The van der Waals surface area contributed by atoms with Crippen molar-refractivity contribution in [2.24, 2.45) is 0 Å². The predicted octanol–water partition coefficient (Wildman–Crippen LogP) is 2.89. The van der Waals surface area contributed by atoms with Crippen LogP contribution in [0.25, 0.3) is 0 Å². The second kappa shape index (κ2) is 5.83. The number of hydrogen-bond acceptors (Lipinski definition) is 5. The van der Waals surface area contributed by atoms with Crippen LogP contribution in [0.1, 0.15) is 51.1 Å². The maximum Gasteiger partial charge on any atom is 0.410 e. The van der Waals surface area contributed by atoms with Crippen molar-refractivity contribution >= 4 is 6.09 Å². The Morgan fingerprint density at radius 1 is 1.55 bits per heavy atom. The van der Waals surface area contributed by atoms with Crippen LogP contribution in [0.5, 0.6) is 0 Å². The van der Waals surface area contributed by atoms with Gasteiger partial charge in [0.25, 0.3) is 0 Å². The molecule has 0 aliphatic carbocycles. The maximum atomic E-state index is 12.2. The molecular weight excluding hydrogens is 260 g/mol. The first-order chi connectivity index (χ1) is 9.40. The van der Waals surface area contributed by atoms with Crippen LogP contribution in [0.3, 0.4) is 0 Å². The number of ether oxygens (including phenoxy) is 2. The van der Waals surface area contributed by atoms with Gasteiger partial charge in [-0.25, -0.2) is 4.79 Å². The van der Waals surface area contributed by atoms with Gasteiger partial charge in [-0.3, -0.25) is 4.90 Å². The van der Waals surface area contributed by atoms with Gasteiger partial charge in [-0.05, 0) is 33.6 Å². The molecule has 0 spiro atoms. The highest BCUT2D eigenvalue weighted by atomic mass is 16.6. The molecular formula is C14H22N2O4. The van der Waals surface area contributed by atoms with Crippen molar-refractivity contribution in [2.45, 2.75) is 51.9 Å². The van der Waals surface area contributed by atoms with Crippen LogP contribution in [-0.2, 0) is 16.1 Å². The van der Waals surface area contributed by atoms with E-state index in [1.165, 1.54) is 0 Å². The van der Waals surface area contributed by atoms with Crippen LogP contribution < -0.4 is 0 Å². The summed E-state index contributed by atoms with van der Waals surface area (Å²) in [6, 6.07) is 1.75. The molecule has 1 amide bonds. The van der Waals surface area contributed by atoms with E-state index in [0.717, 1.165) is 18.5 Å². The Bertz CT molecular complexity index is 464. The van der Waals surface area contributed by atoms with Gasteiger partial charge in [0, 0.05) is 19.7 Å². The predicted molar refractivity (Wildman–Crippen MR) is 72.1 cm³/mol. The van der Waals surface area contributed by atoms with Crippen molar-refractivity contribution < 1.29 is 18.8 Å². The number of hydrogen-bond donors (Lipinski definition) is 0. The smallest absolute Gasteiger partial charge is 0.410 e. The summed E-state index contributed by atoms with van der Waals surface area (Å²) in [6.45, 7) is 6.67. The van der Waals surface area contributed by atoms with Gasteiger partial charge in [-0.2, -0.15) is 0 Å². The standard InChI is InChI=1S/C14H22N2O4/c1-14(2,3)19-13(17)16-7-5-6-11(16)12-8-10(9-18-4)15-20-12/h8,11H,5-7,9H2,1-4H3/t11-/m0/s1. The Labute approximate surface area is 119 Å². The number of nitrogens with zero attached hydrogens (tertiary/aromatic N) is 2. The number of rotatable bonds is 3. The Morgan fingerprint density at radius 2 is 2.30 bits per heavy atom. The molecule has 20 heavy (non-hydrogen) atoms. The second-order valence-electron chi connectivity index (χ2n) is 5.99. The first kappa shape index (κ1) is 14.8. The first-order valence-electron chi connectivity index (χ1n) is 6.85. The number of likely N-dealkylation sites (tertiary alicyclic amines) is 1. The Morgan fingerprint density at radius 3 is 2.95 bits per heavy atom. The van der Waals surface area contributed by atoms with Crippen molar-refractivity contribution in [2.75, 3.05) is 13.7 Å². The van der Waals surface area contributed by atoms with Crippen LogP contribution in [-0.4, -0.2) is 35.4 Å². The van der Waals surface area contributed by atoms with E-state index in [-0.39, 0.29) is 12.1 Å². The molecule has 1 atom stereocenters. The van der Waals surface area contributed by atoms with Crippen molar-refractivity contribution in [1.82, 2.24) is 10.1 Å². The van der Waals surface area contributed by atoms with Crippen molar-refractivity contribution in [3.05, 3.63) is 17.5 Å². The molecule has 112 valence electrons. The molecule has 1 fully saturated rings. The SMILES string of the molecule is COCc1cc([C@@H]2CCCN2C(=O)OC(C)(C)C)on1. The first-order valence-corrected chi connectivity index (χ1v) is 6.85. The van der Waals surface area contributed by atoms with Gasteiger partial charge in [0.2, 0.25) is 0 Å². The zero-order valence-electron chi connectivity index (χ0n) is 12.5. The van der Waals surface area contributed by atoms with Crippen molar-refractivity contribution in [1.29, 1.82) is 0 Å². The summed E-state index contributed by atoms with van der Waals surface area (Å²) in [4.78, 5) is 13.9. The quantitative estimate of drug-likeness (QED) is 0.853. The lowest BCUT2D eigenvalue weighted by Crippen LogP contribution is -2.36. The zero-order valence-corrected chi connectivity index (χ0v) is 12.5. The van der Waals surface area contributed by atoms with E-state index in [1.807, 2.05) is 26.8 Å². The molecule has 0 aromatic carbocycles. The summed E-state index contributed by atoms with van der Waals surface area (Å²) < 4.78 is 15.8. The van der Waals surface area contributed by atoms with E-state index in [9.17, 15) is 4.79 Å². The third-order valence-electron chi connectivity index (χ3n) is 3.08. The summed E-state index contributed by atoms with van der Waals surface area (Å²) in [7, 11) is 1.61. The molecule has 0 N–H and O–H groups in total. The average Bonchev–Trinajstić information content (AvgIpc) is 2.93. The highest BCUT2D eigenvalue weighted by Gasteiger charge is 2.35. The second-order valence-corrected chi connectivity index (χ2v) is 5.99. The van der Waals surface area contributed by atoms with Crippen LogP contribution in [0.15, 0.2) is 10.6 Å².